The highest BCUT2D eigenvalue weighted by Crippen LogP contribution is 2.20. The lowest BCUT2D eigenvalue weighted by atomic mass is 9.94. The predicted molar refractivity (Wildman–Crippen MR) is 279 cm³/mol. The van der Waals surface area contributed by atoms with E-state index in [0.29, 0.717) is 23.1 Å². The van der Waals surface area contributed by atoms with Crippen LogP contribution >= 0.6 is 0 Å². The summed E-state index contributed by atoms with van der Waals surface area (Å²) in [7, 11) is 2.80. The standard InChI is InChI=1S/C55H69N7O14/c1-30(26-31(2)45(76-8)29-36-12-10-9-11-13-36)14-23-41-32(3)48(66)58-42(54(72)73)24-25-46(65)62(7)35(6)51(69)56-34(5)50(68)60-44(28-38-17-21-40(64)22-18-38)53(71)61-47(55(74)75)33(4)49(67)59-43(52(70)57-41)27-37-15-19-39(63)20-16-37/h9-23,26,31-34,41-45,47,63-64H,6,24-25,27-29H2,1-5,7-8H3,(H,56,69)(H,57,70)(H,58,66)(H,59,67)(H,60,68)(H,61,71)(H,72,73)(H,74,75)/b23-14+,30-26+/t31-,32-,33-,34+,41-,42+,43-,44-,45-,47+/m0/s1. The van der Waals surface area contributed by atoms with Crippen molar-refractivity contribution in [2.45, 2.75) is 109 Å². The smallest absolute Gasteiger partial charge is 0.327 e. The number of rotatable bonds is 13. The van der Waals surface area contributed by atoms with E-state index in [2.05, 4.69) is 38.5 Å². The number of phenolic OH excluding ortho intramolecular Hbond substituents is 2. The van der Waals surface area contributed by atoms with Crippen molar-refractivity contribution in [1.29, 1.82) is 0 Å². The second-order valence-corrected chi connectivity index (χ2v) is 18.9. The summed E-state index contributed by atoms with van der Waals surface area (Å²) >= 11 is 0. The first-order valence-electron chi connectivity index (χ1n) is 24.6. The summed E-state index contributed by atoms with van der Waals surface area (Å²) in [5.74, 6) is -12.9. The largest absolute Gasteiger partial charge is 0.508 e. The van der Waals surface area contributed by atoms with Gasteiger partial charge in [0.05, 0.1) is 24.0 Å². The quantitative estimate of drug-likeness (QED) is 0.0869. The molecule has 1 heterocycles. The normalized spacial score (nSPS) is 24.4. The number of methoxy groups -OCH3 is 1. The average Bonchev–Trinajstić information content (AvgIpc) is 3.38. The Labute approximate surface area is 441 Å². The second kappa shape index (κ2) is 28.4. The lowest BCUT2D eigenvalue weighted by Gasteiger charge is -2.28. The number of nitrogens with zero attached hydrogens (tertiary/aromatic N) is 1. The van der Waals surface area contributed by atoms with E-state index in [0.717, 1.165) is 10.5 Å². The van der Waals surface area contributed by atoms with Gasteiger partial charge in [0, 0.05) is 39.3 Å². The molecule has 4 rings (SSSR count). The van der Waals surface area contributed by atoms with Gasteiger partial charge in [0.15, 0.2) is 0 Å². The lowest BCUT2D eigenvalue weighted by Crippen LogP contribution is -2.59. The average molecular weight is 1050 g/mol. The molecule has 10 atom stereocenters. The SMILES string of the molecule is C=C1C(=O)N[C@H](C)C(=O)N[C@@H](Cc2ccc(O)cc2)C(=O)N[C@@H](C(=O)O)[C@H](C)C(=O)N[C@@H](Cc2ccc(O)cc2)C(=O)N[C@@H](/C=C/C(C)=C/[C@H](C)[C@H](Cc2ccccc2)OC)[C@H](C)C(=O)N[C@@H](C(=O)O)CCC(=O)N1C. The number of carbonyl (C=O) groups is 9. The van der Waals surface area contributed by atoms with Crippen LogP contribution in [-0.2, 0) is 67.2 Å². The highest BCUT2D eigenvalue weighted by molar-refractivity contribution is 6.00. The van der Waals surface area contributed by atoms with E-state index >= 15 is 0 Å². The molecule has 76 heavy (non-hydrogen) atoms. The monoisotopic (exact) mass is 1050 g/mol. The molecule has 0 saturated carbocycles. The highest BCUT2D eigenvalue weighted by Gasteiger charge is 2.37. The molecule has 408 valence electrons. The van der Waals surface area contributed by atoms with E-state index in [1.807, 2.05) is 43.3 Å². The lowest BCUT2D eigenvalue weighted by molar-refractivity contribution is -0.146. The maximum atomic E-state index is 14.6. The number of likely N-dealkylation sites (N-methyl/N-ethyl adjacent to an activating group) is 1. The highest BCUT2D eigenvalue weighted by atomic mass is 16.5. The van der Waals surface area contributed by atoms with Crippen molar-refractivity contribution in [2.75, 3.05) is 14.2 Å². The minimum absolute atomic E-state index is 0.101. The molecule has 3 aromatic carbocycles. The van der Waals surface area contributed by atoms with Crippen LogP contribution in [0.5, 0.6) is 11.5 Å². The van der Waals surface area contributed by atoms with E-state index in [1.54, 1.807) is 20.1 Å². The van der Waals surface area contributed by atoms with Crippen molar-refractivity contribution in [2.24, 2.45) is 17.8 Å². The fraction of sp³-hybridized carbons (Fsp3) is 0.400. The molecule has 0 aromatic heterocycles. The Kier molecular flexibility index (Phi) is 22.5. The van der Waals surface area contributed by atoms with Crippen molar-refractivity contribution >= 4 is 53.3 Å². The number of hydrogen-bond acceptors (Lipinski definition) is 12. The minimum Gasteiger partial charge on any atom is -0.508 e. The third-order valence-electron chi connectivity index (χ3n) is 13.1. The molecule has 21 nitrogen and oxygen atoms in total. The Hall–Kier alpha value is -8.33. The van der Waals surface area contributed by atoms with E-state index in [-0.39, 0.29) is 36.4 Å². The summed E-state index contributed by atoms with van der Waals surface area (Å²) < 4.78 is 5.83. The van der Waals surface area contributed by atoms with E-state index in [9.17, 15) is 63.6 Å². The first kappa shape index (κ1) is 60.2. The number of benzene rings is 3. The van der Waals surface area contributed by atoms with Crippen LogP contribution in [0.2, 0.25) is 0 Å². The van der Waals surface area contributed by atoms with Crippen LogP contribution in [0.25, 0.3) is 0 Å². The Morgan fingerprint density at radius 3 is 1.75 bits per heavy atom. The summed E-state index contributed by atoms with van der Waals surface area (Å²) in [5.41, 5.74) is 2.13. The maximum absolute atomic E-state index is 14.6. The van der Waals surface area contributed by atoms with Crippen LogP contribution < -0.4 is 31.9 Å². The first-order chi connectivity index (χ1) is 35.9. The number of phenols is 2. The number of carboxylic acid groups (broad SMARTS) is 2. The van der Waals surface area contributed by atoms with Crippen LogP contribution in [0.3, 0.4) is 0 Å². The molecule has 0 unspecified atom stereocenters. The molecule has 0 bridgehead atoms. The number of amides is 7. The van der Waals surface area contributed by atoms with Gasteiger partial charge in [-0.1, -0.05) is 106 Å². The molecule has 1 aliphatic rings. The number of nitrogens with one attached hydrogen (secondary N) is 6. The molecule has 1 saturated heterocycles. The van der Waals surface area contributed by atoms with Crippen molar-refractivity contribution < 1.29 is 68.3 Å². The zero-order valence-corrected chi connectivity index (χ0v) is 43.6. The van der Waals surface area contributed by atoms with Gasteiger partial charge in [-0.05, 0) is 67.6 Å². The van der Waals surface area contributed by atoms with Gasteiger partial charge in [0.2, 0.25) is 35.4 Å². The third-order valence-corrected chi connectivity index (χ3v) is 13.1. The van der Waals surface area contributed by atoms with Crippen LogP contribution in [0, 0.1) is 17.8 Å². The maximum Gasteiger partial charge on any atom is 0.327 e. The van der Waals surface area contributed by atoms with E-state index in [4.69, 9.17) is 4.74 Å². The van der Waals surface area contributed by atoms with Crippen LogP contribution in [0.1, 0.15) is 64.2 Å². The molecule has 0 radical (unpaired) electrons. The van der Waals surface area contributed by atoms with Crippen molar-refractivity contribution in [3.05, 3.63) is 132 Å². The number of ether oxygens (including phenoxy) is 1. The zero-order valence-electron chi connectivity index (χ0n) is 43.6. The Morgan fingerprint density at radius 2 is 1.22 bits per heavy atom. The summed E-state index contributed by atoms with van der Waals surface area (Å²) in [5, 5.41) is 55.6. The van der Waals surface area contributed by atoms with Gasteiger partial charge in [-0.2, -0.15) is 0 Å². The fourth-order valence-corrected chi connectivity index (χ4v) is 8.14. The second-order valence-electron chi connectivity index (χ2n) is 18.9. The van der Waals surface area contributed by atoms with Crippen LogP contribution in [0.4, 0.5) is 0 Å². The predicted octanol–water partition coefficient (Wildman–Crippen LogP) is 2.42. The van der Waals surface area contributed by atoms with Crippen LogP contribution in [0.15, 0.2) is 115 Å². The molecule has 7 amide bonds. The topological polar surface area (TPSA) is 319 Å². The van der Waals surface area contributed by atoms with Crippen molar-refractivity contribution in [1.82, 2.24) is 36.8 Å². The Morgan fingerprint density at radius 1 is 0.697 bits per heavy atom. The van der Waals surface area contributed by atoms with Gasteiger partial charge in [-0.15, -0.1) is 0 Å². The van der Waals surface area contributed by atoms with Gasteiger partial charge >= 0.3 is 11.9 Å². The summed E-state index contributed by atoms with van der Waals surface area (Å²) in [6, 6.07) is 11.6. The molecule has 1 fully saturated rings. The van der Waals surface area contributed by atoms with Crippen molar-refractivity contribution in [3.63, 3.8) is 0 Å². The van der Waals surface area contributed by atoms with Gasteiger partial charge in [0.25, 0.3) is 5.91 Å². The van der Waals surface area contributed by atoms with Gasteiger partial charge < -0.3 is 62.0 Å². The zero-order chi connectivity index (χ0) is 56.4. The summed E-state index contributed by atoms with van der Waals surface area (Å²) in [6.07, 6.45) is 3.98. The van der Waals surface area contributed by atoms with Crippen LogP contribution in [-0.4, -0.2) is 135 Å². The number of aromatic hydroxyl groups is 2. The van der Waals surface area contributed by atoms with Gasteiger partial charge in [0.1, 0.15) is 47.4 Å². The number of aliphatic carboxylic acids is 2. The molecule has 10 N–H and O–H groups in total. The molecular formula is C55H69N7O14. The molecule has 0 aliphatic carbocycles. The molecule has 3 aromatic rings. The number of carboxylic acids is 2. The summed E-state index contributed by atoms with van der Waals surface area (Å²) in [4.78, 5) is 124. The Balaban J connectivity index is 1.80. The van der Waals surface area contributed by atoms with E-state index < -0.39 is 120 Å². The molecular weight excluding hydrogens is 983 g/mol. The molecule has 1 aliphatic heterocycles. The minimum atomic E-state index is -1.98. The number of hydrogen-bond donors (Lipinski definition) is 10. The first-order valence-corrected chi connectivity index (χ1v) is 24.6. The fourth-order valence-electron chi connectivity index (χ4n) is 8.14. The number of allylic oxidation sites excluding steroid dienone is 2. The van der Waals surface area contributed by atoms with E-state index in [1.165, 1.54) is 82.4 Å². The summed E-state index contributed by atoms with van der Waals surface area (Å²) in [6.45, 7) is 11.3. The van der Waals surface area contributed by atoms with Gasteiger partial charge in [-0.25, -0.2) is 9.59 Å². The van der Waals surface area contributed by atoms with Gasteiger partial charge in [-0.3, -0.25) is 33.6 Å². The number of carbonyl (C=O) groups excluding carboxylic acids is 7. The Bertz CT molecular complexity index is 2640. The third kappa shape index (κ3) is 18.0. The molecule has 0 spiro atoms. The van der Waals surface area contributed by atoms with Crippen molar-refractivity contribution in [3.8, 4) is 11.5 Å². The molecule has 21 heteroatoms.